The van der Waals surface area contributed by atoms with Gasteiger partial charge in [0.05, 0.1) is 0 Å². The Hall–Kier alpha value is -2.08. The molecule has 62 valence electrons. The first-order valence-corrected chi connectivity index (χ1v) is 3.85. The summed E-state index contributed by atoms with van der Waals surface area (Å²) >= 11 is 0. The molecule has 1 aromatic carbocycles. The van der Waals surface area contributed by atoms with E-state index in [9.17, 15) is 0 Å². The van der Waals surface area contributed by atoms with Crippen LogP contribution < -0.4 is 5.73 Å². The molecule has 0 aliphatic rings. The molecule has 3 heteroatoms. The lowest BCUT2D eigenvalue weighted by Crippen LogP contribution is -1.88. The number of nitriles is 1. The van der Waals surface area contributed by atoms with Crippen LogP contribution in [0.15, 0.2) is 30.5 Å². The van der Waals surface area contributed by atoms with Gasteiger partial charge in [-0.1, -0.05) is 12.1 Å². The molecule has 0 saturated carbocycles. The van der Waals surface area contributed by atoms with Crippen LogP contribution >= 0.6 is 0 Å². The zero-order valence-corrected chi connectivity index (χ0v) is 6.86. The summed E-state index contributed by atoms with van der Waals surface area (Å²) in [6, 6.07) is 9.30. The highest BCUT2D eigenvalue weighted by Gasteiger charge is 1.98. The van der Waals surface area contributed by atoms with Crippen molar-refractivity contribution in [2.24, 2.45) is 0 Å². The van der Waals surface area contributed by atoms with Gasteiger partial charge >= 0.3 is 0 Å². The maximum absolute atomic E-state index is 8.62. The molecule has 0 amide bonds. The first-order chi connectivity index (χ1) is 6.31. The number of hydrogen-bond donors (Lipinski definition) is 1. The molecule has 1 aromatic heterocycles. The standard InChI is InChI=1S/C10H7N3/c11-5-8-4-7-2-1-3-10(12)9(7)6-13-8/h1-4,6H,12H2. The Morgan fingerprint density at radius 2 is 2.23 bits per heavy atom. The molecule has 0 spiro atoms. The molecule has 13 heavy (non-hydrogen) atoms. The minimum atomic E-state index is 0.415. The summed E-state index contributed by atoms with van der Waals surface area (Å²) < 4.78 is 0. The summed E-state index contributed by atoms with van der Waals surface area (Å²) in [6.07, 6.45) is 1.63. The number of aromatic nitrogens is 1. The molecule has 0 saturated heterocycles. The van der Waals surface area contributed by atoms with Crippen LogP contribution in [0, 0.1) is 11.3 Å². The molecule has 0 unspecified atom stereocenters. The Bertz CT molecular complexity index is 497. The molecule has 0 bridgehead atoms. The molecular weight excluding hydrogens is 162 g/mol. The number of anilines is 1. The fourth-order valence-electron chi connectivity index (χ4n) is 1.26. The molecular formula is C10H7N3. The molecule has 0 aliphatic carbocycles. The van der Waals surface area contributed by atoms with E-state index in [1.54, 1.807) is 12.3 Å². The highest BCUT2D eigenvalue weighted by molar-refractivity contribution is 5.92. The maximum atomic E-state index is 8.62. The second-order valence-electron chi connectivity index (χ2n) is 2.75. The smallest absolute Gasteiger partial charge is 0.141 e. The topological polar surface area (TPSA) is 62.7 Å². The van der Waals surface area contributed by atoms with Gasteiger partial charge < -0.3 is 5.73 Å². The highest BCUT2D eigenvalue weighted by atomic mass is 14.7. The van der Waals surface area contributed by atoms with Crippen LogP contribution in [0.25, 0.3) is 10.8 Å². The lowest BCUT2D eigenvalue weighted by atomic mass is 10.1. The third-order valence-corrected chi connectivity index (χ3v) is 1.91. The summed E-state index contributed by atoms with van der Waals surface area (Å²) in [5.41, 5.74) is 6.83. The van der Waals surface area contributed by atoms with Crippen LogP contribution in [0.5, 0.6) is 0 Å². The Balaban J connectivity index is 2.82. The Labute approximate surface area is 75.4 Å². The molecule has 2 rings (SSSR count). The zero-order chi connectivity index (χ0) is 9.26. The van der Waals surface area contributed by atoms with E-state index in [0.717, 1.165) is 10.8 Å². The van der Waals surface area contributed by atoms with Crippen LogP contribution in [0.4, 0.5) is 5.69 Å². The number of nitrogen functional groups attached to an aromatic ring is 1. The third kappa shape index (κ3) is 1.18. The lowest BCUT2D eigenvalue weighted by Gasteiger charge is -1.99. The van der Waals surface area contributed by atoms with Crippen molar-refractivity contribution in [3.8, 4) is 6.07 Å². The van der Waals surface area contributed by atoms with Crippen molar-refractivity contribution in [2.75, 3.05) is 5.73 Å². The van der Waals surface area contributed by atoms with Crippen molar-refractivity contribution in [1.29, 1.82) is 5.26 Å². The average Bonchev–Trinajstić information content (AvgIpc) is 2.18. The quantitative estimate of drug-likeness (QED) is 0.610. The molecule has 0 radical (unpaired) electrons. The van der Waals surface area contributed by atoms with Gasteiger partial charge in [0.1, 0.15) is 11.8 Å². The Morgan fingerprint density at radius 3 is 3.00 bits per heavy atom. The number of nitrogens with zero attached hydrogens (tertiary/aromatic N) is 2. The van der Waals surface area contributed by atoms with Gasteiger partial charge in [-0.05, 0) is 17.5 Å². The fourth-order valence-corrected chi connectivity index (χ4v) is 1.26. The van der Waals surface area contributed by atoms with Gasteiger partial charge in [0.25, 0.3) is 0 Å². The summed E-state index contributed by atoms with van der Waals surface area (Å²) in [6.45, 7) is 0. The summed E-state index contributed by atoms with van der Waals surface area (Å²) in [7, 11) is 0. The van der Waals surface area contributed by atoms with Gasteiger partial charge in [-0.15, -0.1) is 0 Å². The van der Waals surface area contributed by atoms with Crippen molar-refractivity contribution < 1.29 is 0 Å². The van der Waals surface area contributed by atoms with Gasteiger partial charge in [0.2, 0.25) is 0 Å². The van der Waals surface area contributed by atoms with Crippen molar-refractivity contribution in [1.82, 2.24) is 4.98 Å². The number of benzene rings is 1. The second-order valence-corrected chi connectivity index (χ2v) is 2.75. The predicted molar refractivity (Wildman–Crippen MR) is 50.9 cm³/mol. The predicted octanol–water partition coefficient (Wildman–Crippen LogP) is 1.69. The first-order valence-electron chi connectivity index (χ1n) is 3.85. The number of nitrogens with two attached hydrogens (primary N) is 1. The second kappa shape index (κ2) is 2.76. The van der Waals surface area contributed by atoms with E-state index in [-0.39, 0.29) is 0 Å². The van der Waals surface area contributed by atoms with Crippen molar-refractivity contribution in [2.45, 2.75) is 0 Å². The molecule has 2 aromatic rings. The molecule has 0 aliphatic heterocycles. The van der Waals surface area contributed by atoms with E-state index in [4.69, 9.17) is 11.0 Å². The molecule has 0 fully saturated rings. The molecule has 0 atom stereocenters. The molecule has 3 nitrogen and oxygen atoms in total. The number of pyridine rings is 1. The van der Waals surface area contributed by atoms with Crippen LogP contribution in [-0.2, 0) is 0 Å². The highest BCUT2D eigenvalue weighted by Crippen LogP contribution is 2.19. The molecule has 2 N–H and O–H groups in total. The van der Waals surface area contributed by atoms with Gasteiger partial charge in [-0.25, -0.2) is 4.98 Å². The van der Waals surface area contributed by atoms with Crippen LogP contribution in [0.2, 0.25) is 0 Å². The number of rotatable bonds is 0. The van der Waals surface area contributed by atoms with Crippen molar-refractivity contribution in [3.05, 3.63) is 36.2 Å². The number of hydrogen-bond acceptors (Lipinski definition) is 3. The Kier molecular flexibility index (Phi) is 1.60. The SMILES string of the molecule is N#Cc1cc2cccc(N)c2cn1. The van der Waals surface area contributed by atoms with Gasteiger partial charge in [0.15, 0.2) is 0 Å². The minimum absolute atomic E-state index is 0.415. The molecule has 1 heterocycles. The van der Waals surface area contributed by atoms with E-state index in [0.29, 0.717) is 11.4 Å². The van der Waals surface area contributed by atoms with Crippen molar-refractivity contribution in [3.63, 3.8) is 0 Å². The van der Waals surface area contributed by atoms with Gasteiger partial charge in [0, 0.05) is 17.3 Å². The van der Waals surface area contributed by atoms with E-state index in [1.807, 2.05) is 24.3 Å². The Morgan fingerprint density at radius 1 is 1.38 bits per heavy atom. The van der Waals surface area contributed by atoms with Crippen LogP contribution in [-0.4, -0.2) is 4.98 Å². The van der Waals surface area contributed by atoms with Crippen LogP contribution in [0.1, 0.15) is 5.69 Å². The van der Waals surface area contributed by atoms with Crippen LogP contribution in [0.3, 0.4) is 0 Å². The van der Waals surface area contributed by atoms with E-state index < -0.39 is 0 Å². The third-order valence-electron chi connectivity index (χ3n) is 1.91. The van der Waals surface area contributed by atoms with E-state index >= 15 is 0 Å². The number of fused-ring (bicyclic) bond motifs is 1. The lowest BCUT2D eigenvalue weighted by molar-refractivity contribution is 1.29. The summed E-state index contributed by atoms with van der Waals surface area (Å²) in [4.78, 5) is 3.95. The first kappa shape index (κ1) is 7.56. The van der Waals surface area contributed by atoms with Gasteiger partial charge in [-0.3, -0.25) is 0 Å². The average molecular weight is 169 g/mol. The fraction of sp³-hybridized carbons (Fsp3) is 0. The summed E-state index contributed by atoms with van der Waals surface area (Å²) in [5.74, 6) is 0. The largest absolute Gasteiger partial charge is 0.398 e. The van der Waals surface area contributed by atoms with E-state index in [2.05, 4.69) is 4.98 Å². The van der Waals surface area contributed by atoms with Crippen molar-refractivity contribution >= 4 is 16.5 Å². The summed E-state index contributed by atoms with van der Waals surface area (Å²) in [5, 5.41) is 10.5. The minimum Gasteiger partial charge on any atom is -0.398 e. The van der Waals surface area contributed by atoms with E-state index in [1.165, 1.54) is 0 Å². The monoisotopic (exact) mass is 169 g/mol. The zero-order valence-electron chi connectivity index (χ0n) is 6.86. The maximum Gasteiger partial charge on any atom is 0.141 e. The van der Waals surface area contributed by atoms with Gasteiger partial charge in [-0.2, -0.15) is 5.26 Å². The normalized spacial score (nSPS) is 9.77.